The van der Waals surface area contributed by atoms with E-state index in [1.165, 1.54) is 5.56 Å². The Morgan fingerprint density at radius 1 is 1.39 bits per heavy atom. The average Bonchev–Trinajstić information content (AvgIpc) is 2.53. The number of amides is 2. The van der Waals surface area contributed by atoms with Crippen LogP contribution in [-0.2, 0) is 16.1 Å². The van der Waals surface area contributed by atoms with Gasteiger partial charge in [-0.15, -0.1) is 0 Å². The van der Waals surface area contributed by atoms with Crippen LogP contribution in [0.25, 0.3) is 0 Å². The minimum atomic E-state index is -0.390. The van der Waals surface area contributed by atoms with Crippen molar-refractivity contribution in [3.05, 3.63) is 35.4 Å². The standard InChI is InChI=1S/C17H25N3O2S/c1-13-3-5-14(6-4-13)12-20-9-7-19-17(22)15(20)11-16(21)18-8-10-23-2/h3-6,15H,7-12H2,1-2H3,(H,18,21)(H,19,22). The molecule has 0 aliphatic carbocycles. The highest BCUT2D eigenvalue weighted by Gasteiger charge is 2.31. The van der Waals surface area contributed by atoms with E-state index in [2.05, 4.69) is 46.7 Å². The number of nitrogens with zero attached hydrogens (tertiary/aromatic N) is 1. The van der Waals surface area contributed by atoms with Crippen LogP contribution in [0.2, 0.25) is 0 Å². The van der Waals surface area contributed by atoms with Gasteiger partial charge in [-0.2, -0.15) is 11.8 Å². The molecule has 1 atom stereocenters. The SMILES string of the molecule is CSCCNC(=O)CC1C(=O)NCCN1Cc1ccc(C)cc1. The Balaban J connectivity index is 1.96. The minimum absolute atomic E-state index is 0.0524. The summed E-state index contributed by atoms with van der Waals surface area (Å²) in [6, 6.07) is 7.92. The molecule has 23 heavy (non-hydrogen) atoms. The van der Waals surface area contributed by atoms with Crippen molar-refractivity contribution in [3.63, 3.8) is 0 Å². The van der Waals surface area contributed by atoms with Crippen molar-refractivity contribution in [2.24, 2.45) is 0 Å². The first kappa shape index (κ1) is 17.8. The van der Waals surface area contributed by atoms with Crippen LogP contribution < -0.4 is 10.6 Å². The van der Waals surface area contributed by atoms with Crippen molar-refractivity contribution in [1.82, 2.24) is 15.5 Å². The molecule has 1 aromatic rings. The molecule has 5 nitrogen and oxygen atoms in total. The quantitative estimate of drug-likeness (QED) is 0.734. The van der Waals surface area contributed by atoms with Gasteiger partial charge in [-0.1, -0.05) is 29.8 Å². The van der Waals surface area contributed by atoms with Gasteiger partial charge in [0.1, 0.15) is 0 Å². The largest absolute Gasteiger partial charge is 0.355 e. The Morgan fingerprint density at radius 2 is 2.13 bits per heavy atom. The molecule has 126 valence electrons. The molecule has 1 aliphatic heterocycles. The summed E-state index contributed by atoms with van der Waals surface area (Å²) in [7, 11) is 0. The van der Waals surface area contributed by atoms with Crippen LogP contribution in [-0.4, -0.2) is 54.4 Å². The predicted octanol–water partition coefficient (Wildman–Crippen LogP) is 1.16. The van der Waals surface area contributed by atoms with Crippen LogP contribution in [0.4, 0.5) is 0 Å². The van der Waals surface area contributed by atoms with Crippen LogP contribution in [0.1, 0.15) is 17.5 Å². The second-order valence-corrected chi connectivity index (χ2v) is 6.80. The van der Waals surface area contributed by atoms with Crippen LogP contribution in [0.5, 0.6) is 0 Å². The van der Waals surface area contributed by atoms with Crippen molar-refractivity contribution >= 4 is 23.6 Å². The summed E-state index contributed by atoms with van der Waals surface area (Å²) in [4.78, 5) is 26.3. The second kappa shape index (κ2) is 8.93. The van der Waals surface area contributed by atoms with E-state index in [9.17, 15) is 9.59 Å². The zero-order valence-corrected chi connectivity index (χ0v) is 14.6. The molecule has 2 rings (SSSR count). The first-order valence-corrected chi connectivity index (χ1v) is 9.32. The third-order valence-corrected chi connectivity index (χ3v) is 4.57. The first-order valence-electron chi connectivity index (χ1n) is 7.93. The Hall–Kier alpha value is -1.53. The van der Waals surface area contributed by atoms with E-state index in [0.717, 1.165) is 17.9 Å². The molecule has 1 fully saturated rings. The van der Waals surface area contributed by atoms with Gasteiger partial charge in [-0.25, -0.2) is 0 Å². The Morgan fingerprint density at radius 3 is 2.83 bits per heavy atom. The Labute approximate surface area is 142 Å². The lowest BCUT2D eigenvalue weighted by Crippen LogP contribution is -2.56. The van der Waals surface area contributed by atoms with Crippen LogP contribution in [0.3, 0.4) is 0 Å². The topological polar surface area (TPSA) is 61.4 Å². The summed E-state index contributed by atoms with van der Waals surface area (Å²) >= 11 is 1.69. The van der Waals surface area contributed by atoms with Crippen molar-refractivity contribution in [1.29, 1.82) is 0 Å². The molecule has 1 aliphatic rings. The molecule has 0 saturated carbocycles. The molecule has 2 amide bonds. The number of thioether (sulfide) groups is 1. The normalized spacial score (nSPS) is 18.5. The lowest BCUT2D eigenvalue weighted by atomic mass is 10.1. The predicted molar refractivity (Wildman–Crippen MR) is 94.4 cm³/mol. The van der Waals surface area contributed by atoms with Gasteiger partial charge in [-0.05, 0) is 18.7 Å². The van der Waals surface area contributed by atoms with Crippen molar-refractivity contribution < 1.29 is 9.59 Å². The number of hydrogen-bond donors (Lipinski definition) is 2. The van der Waals surface area contributed by atoms with Crippen molar-refractivity contribution in [2.75, 3.05) is 31.6 Å². The highest BCUT2D eigenvalue weighted by atomic mass is 32.2. The fourth-order valence-electron chi connectivity index (χ4n) is 2.64. The maximum absolute atomic E-state index is 12.2. The average molecular weight is 335 g/mol. The van der Waals surface area contributed by atoms with E-state index in [0.29, 0.717) is 19.6 Å². The van der Waals surface area contributed by atoms with Crippen molar-refractivity contribution in [2.45, 2.75) is 25.9 Å². The fourth-order valence-corrected chi connectivity index (χ4v) is 2.95. The summed E-state index contributed by atoms with van der Waals surface area (Å²) in [5.41, 5.74) is 2.38. The van der Waals surface area contributed by atoms with E-state index in [1.807, 2.05) is 6.26 Å². The van der Waals surface area contributed by atoms with Gasteiger partial charge < -0.3 is 10.6 Å². The maximum Gasteiger partial charge on any atom is 0.237 e. The number of benzene rings is 1. The van der Waals surface area contributed by atoms with Gasteiger partial charge >= 0.3 is 0 Å². The smallest absolute Gasteiger partial charge is 0.237 e. The summed E-state index contributed by atoms with van der Waals surface area (Å²) in [6.45, 7) is 4.79. The summed E-state index contributed by atoms with van der Waals surface area (Å²) < 4.78 is 0. The van der Waals surface area contributed by atoms with Gasteiger partial charge in [0.2, 0.25) is 11.8 Å². The Bertz CT molecular complexity index is 533. The summed E-state index contributed by atoms with van der Waals surface area (Å²) in [5.74, 6) is 0.772. The second-order valence-electron chi connectivity index (χ2n) is 5.81. The fraction of sp³-hybridized carbons (Fsp3) is 0.529. The molecule has 6 heteroatoms. The molecule has 0 bridgehead atoms. The zero-order chi connectivity index (χ0) is 16.7. The van der Waals surface area contributed by atoms with Crippen LogP contribution in [0.15, 0.2) is 24.3 Å². The molecular formula is C17H25N3O2S. The lowest BCUT2D eigenvalue weighted by molar-refractivity contribution is -0.134. The molecule has 0 spiro atoms. The summed E-state index contributed by atoms with van der Waals surface area (Å²) in [6.07, 6.45) is 2.22. The third kappa shape index (κ3) is 5.55. The van der Waals surface area contributed by atoms with E-state index >= 15 is 0 Å². The lowest BCUT2D eigenvalue weighted by Gasteiger charge is -2.34. The number of aryl methyl sites for hydroxylation is 1. The molecule has 1 aromatic carbocycles. The molecule has 0 aromatic heterocycles. The third-order valence-electron chi connectivity index (χ3n) is 3.96. The summed E-state index contributed by atoms with van der Waals surface area (Å²) in [5, 5.41) is 5.74. The van der Waals surface area contributed by atoms with Gasteiger partial charge in [0.25, 0.3) is 0 Å². The molecular weight excluding hydrogens is 310 g/mol. The van der Waals surface area contributed by atoms with Crippen molar-refractivity contribution in [3.8, 4) is 0 Å². The monoisotopic (exact) mass is 335 g/mol. The van der Waals surface area contributed by atoms with E-state index < -0.39 is 0 Å². The number of carbonyl (C=O) groups excluding carboxylic acids is 2. The number of rotatable bonds is 7. The number of nitrogens with one attached hydrogen (secondary N) is 2. The maximum atomic E-state index is 12.2. The van der Waals surface area contributed by atoms with E-state index in [-0.39, 0.29) is 24.3 Å². The molecule has 1 heterocycles. The van der Waals surface area contributed by atoms with Crippen LogP contribution in [0, 0.1) is 6.92 Å². The van der Waals surface area contributed by atoms with E-state index in [4.69, 9.17) is 0 Å². The number of carbonyl (C=O) groups is 2. The van der Waals surface area contributed by atoms with Gasteiger partial charge in [0.05, 0.1) is 12.5 Å². The van der Waals surface area contributed by atoms with E-state index in [1.54, 1.807) is 11.8 Å². The Kier molecular flexibility index (Phi) is 6.92. The molecule has 2 N–H and O–H groups in total. The number of piperazine rings is 1. The molecule has 1 saturated heterocycles. The highest BCUT2D eigenvalue weighted by molar-refractivity contribution is 7.98. The van der Waals surface area contributed by atoms with Crippen LogP contribution >= 0.6 is 11.8 Å². The zero-order valence-electron chi connectivity index (χ0n) is 13.8. The van der Waals surface area contributed by atoms with Gasteiger partial charge in [0, 0.05) is 31.9 Å². The van der Waals surface area contributed by atoms with Gasteiger partial charge in [0.15, 0.2) is 0 Å². The minimum Gasteiger partial charge on any atom is -0.355 e. The number of hydrogen-bond acceptors (Lipinski definition) is 4. The molecule has 0 radical (unpaired) electrons. The van der Waals surface area contributed by atoms with Gasteiger partial charge in [-0.3, -0.25) is 14.5 Å². The molecule has 1 unspecified atom stereocenters. The first-order chi connectivity index (χ1) is 11.1. The highest BCUT2D eigenvalue weighted by Crippen LogP contribution is 2.14.